The molecule has 2 atom stereocenters. The van der Waals surface area contributed by atoms with Gasteiger partial charge in [0, 0.05) is 17.9 Å². The number of benzene rings is 2. The van der Waals surface area contributed by atoms with E-state index in [1.807, 2.05) is 6.07 Å². The van der Waals surface area contributed by atoms with Crippen LogP contribution < -0.4 is 10.1 Å². The number of carbonyl (C=O) groups is 1. The number of aliphatic hydroxyl groups excluding tert-OH is 1. The van der Waals surface area contributed by atoms with E-state index in [-0.39, 0.29) is 12.2 Å². The van der Waals surface area contributed by atoms with Crippen molar-refractivity contribution in [3.8, 4) is 5.75 Å². The number of para-hydroxylation sites is 1. The molecule has 0 aliphatic heterocycles. The van der Waals surface area contributed by atoms with Gasteiger partial charge in [-0.2, -0.15) is 0 Å². The van der Waals surface area contributed by atoms with Gasteiger partial charge in [0.2, 0.25) is 0 Å². The first-order valence-corrected chi connectivity index (χ1v) is 9.83. The van der Waals surface area contributed by atoms with E-state index in [0.29, 0.717) is 24.3 Å². The van der Waals surface area contributed by atoms with Crippen LogP contribution in [0.2, 0.25) is 0 Å². The van der Waals surface area contributed by atoms with Gasteiger partial charge in [-0.3, -0.25) is 4.79 Å². The topological polar surface area (TPSA) is 58.6 Å². The standard InChI is InChI=1S/C22H20Cl2FNO3/c23-21(25)15-17(20(28)26-18-6-2-1-3-7-18)12-13-22(21,24)29-19-10-8-16(9-11-19)5-4-14-27/h1-3,6-13,15,27H,4-5,14H2,(H,26,28). The molecule has 2 aromatic rings. The molecule has 2 aromatic carbocycles. The average Bonchev–Trinajstić information content (AvgIpc) is 2.70. The number of aryl methyl sites for hydroxylation is 1. The highest BCUT2D eigenvalue weighted by atomic mass is 35.5. The monoisotopic (exact) mass is 435 g/mol. The number of rotatable bonds is 7. The minimum Gasteiger partial charge on any atom is -0.463 e. The Labute approximate surface area is 178 Å². The predicted octanol–water partition coefficient (Wildman–Crippen LogP) is 4.96. The van der Waals surface area contributed by atoms with Crippen molar-refractivity contribution < 1.29 is 19.0 Å². The van der Waals surface area contributed by atoms with Crippen LogP contribution in [0.3, 0.4) is 0 Å². The molecule has 0 heterocycles. The van der Waals surface area contributed by atoms with Crippen molar-refractivity contribution in [3.63, 3.8) is 0 Å². The molecule has 1 aliphatic rings. The van der Waals surface area contributed by atoms with Crippen LogP contribution >= 0.6 is 23.2 Å². The summed E-state index contributed by atoms with van der Waals surface area (Å²) < 4.78 is 20.8. The second kappa shape index (κ2) is 8.99. The number of aliphatic hydroxyl groups is 1. The van der Waals surface area contributed by atoms with Crippen molar-refractivity contribution >= 4 is 34.8 Å². The Kier molecular flexibility index (Phi) is 6.63. The van der Waals surface area contributed by atoms with Gasteiger partial charge in [-0.25, -0.2) is 4.39 Å². The predicted molar refractivity (Wildman–Crippen MR) is 113 cm³/mol. The van der Waals surface area contributed by atoms with Crippen LogP contribution in [0.5, 0.6) is 5.75 Å². The van der Waals surface area contributed by atoms with E-state index in [0.717, 1.165) is 11.6 Å². The first-order chi connectivity index (χ1) is 13.8. The van der Waals surface area contributed by atoms with Crippen molar-refractivity contribution in [2.75, 3.05) is 11.9 Å². The van der Waals surface area contributed by atoms with Crippen LogP contribution in [0, 0.1) is 0 Å². The fourth-order valence-electron chi connectivity index (χ4n) is 2.80. The molecule has 0 spiro atoms. The molecule has 0 saturated carbocycles. The van der Waals surface area contributed by atoms with Gasteiger partial charge in [-0.15, -0.1) is 0 Å². The number of alkyl halides is 3. The van der Waals surface area contributed by atoms with Crippen LogP contribution in [-0.2, 0) is 11.2 Å². The van der Waals surface area contributed by atoms with Gasteiger partial charge in [-0.05, 0) is 60.9 Å². The first kappa shape index (κ1) is 21.4. The molecule has 2 N–H and O–H groups in total. The van der Waals surface area contributed by atoms with Crippen molar-refractivity contribution in [3.05, 3.63) is 84.0 Å². The maximum Gasteiger partial charge on any atom is 0.260 e. The third kappa shape index (κ3) is 5.18. The minimum absolute atomic E-state index is 0.0329. The second-order valence-electron chi connectivity index (χ2n) is 6.59. The fourth-order valence-corrected chi connectivity index (χ4v) is 3.22. The molecule has 4 nitrogen and oxygen atoms in total. The molecule has 0 radical (unpaired) electrons. The summed E-state index contributed by atoms with van der Waals surface area (Å²) in [5.41, 5.74) is 1.61. The number of hydrogen-bond donors (Lipinski definition) is 2. The average molecular weight is 436 g/mol. The van der Waals surface area contributed by atoms with Crippen molar-refractivity contribution in [2.45, 2.75) is 23.0 Å². The normalized spacial score (nSPS) is 23.4. The number of hydrogen-bond acceptors (Lipinski definition) is 3. The van der Waals surface area contributed by atoms with E-state index in [1.54, 1.807) is 48.5 Å². The molecule has 1 aliphatic carbocycles. The van der Waals surface area contributed by atoms with Crippen LogP contribution in [0.15, 0.2) is 78.4 Å². The molecule has 0 fully saturated rings. The molecule has 3 rings (SSSR count). The molecule has 2 unspecified atom stereocenters. The summed E-state index contributed by atoms with van der Waals surface area (Å²) in [7, 11) is 0. The van der Waals surface area contributed by atoms with E-state index in [9.17, 15) is 4.79 Å². The SMILES string of the molecule is O=C(Nc1ccccc1)C1=CC(F)(Cl)C(Cl)(Oc2ccc(CCCO)cc2)C=C1. The van der Waals surface area contributed by atoms with Crippen LogP contribution in [-0.4, -0.2) is 27.8 Å². The van der Waals surface area contributed by atoms with E-state index >= 15 is 4.39 Å². The lowest BCUT2D eigenvalue weighted by Gasteiger charge is -2.35. The summed E-state index contributed by atoms with van der Waals surface area (Å²) in [4.78, 5) is 12.4. The summed E-state index contributed by atoms with van der Waals surface area (Å²) >= 11 is 12.3. The summed E-state index contributed by atoms with van der Waals surface area (Å²) in [5.74, 6) is -0.187. The van der Waals surface area contributed by atoms with Crippen molar-refractivity contribution in [1.82, 2.24) is 0 Å². The highest BCUT2D eigenvalue weighted by Crippen LogP contribution is 2.44. The molecule has 0 saturated heterocycles. The zero-order valence-corrected chi connectivity index (χ0v) is 17.0. The smallest absolute Gasteiger partial charge is 0.260 e. The largest absolute Gasteiger partial charge is 0.463 e. The van der Waals surface area contributed by atoms with Crippen molar-refractivity contribution in [1.29, 1.82) is 0 Å². The Hall–Kier alpha value is -2.34. The Balaban J connectivity index is 1.71. The molecule has 7 heteroatoms. The number of ether oxygens (including phenoxy) is 1. The number of amides is 1. The molecule has 0 bridgehead atoms. The molecule has 29 heavy (non-hydrogen) atoms. The third-order valence-corrected chi connectivity index (χ3v) is 5.34. The van der Waals surface area contributed by atoms with Crippen molar-refractivity contribution in [2.24, 2.45) is 0 Å². The minimum atomic E-state index is -2.65. The van der Waals surface area contributed by atoms with E-state index in [1.165, 1.54) is 12.2 Å². The second-order valence-corrected chi connectivity index (χ2v) is 7.71. The summed E-state index contributed by atoms with van der Waals surface area (Å²) in [6.07, 6.45) is 4.90. The number of carbonyl (C=O) groups excluding carboxylic acids is 1. The Morgan fingerprint density at radius 3 is 2.41 bits per heavy atom. The highest BCUT2D eigenvalue weighted by Gasteiger charge is 2.52. The van der Waals surface area contributed by atoms with Gasteiger partial charge in [0.05, 0.1) is 0 Å². The van der Waals surface area contributed by atoms with Gasteiger partial charge in [-0.1, -0.05) is 53.5 Å². The zero-order chi connectivity index (χ0) is 20.9. The summed E-state index contributed by atoms with van der Waals surface area (Å²) in [6.45, 7) is 0.108. The Bertz CT molecular complexity index is 913. The first-order valence-electron chi connectivity index (χ1n) is 9.07. The molecular weight excluding hydrogens is 416 g/mol. The quantitative estimate of drug-likeness (QED) is 0.603. The molecular formula is C22H20Cl2FNO3. The third-order valence-electron chi connectivity index (χ3n) is 4.38. The lowest BCUT2D eigenvalue weighted by Crippen LogP contribution is -2.46. The van der Waals surface area contributed by atoms with Crippen LogP contribution in [0.25, 0.3) is 0 Å². The summed E-state index contributed by atoms with van der Waals surface area (Å²) in [5, 5.41) is 6.89. The van der Waals surface area contributed by atoms with Gasteiger partial charge in [0.25, 0.3) is 16.1 Å². The van der Waals surface area contributed by atoms with Gasteiger partial charge < -0.3 is 15.2 Å². The maximum absolute atomic E-state index is 15.2. The number of nitrogens with one attached hydrogen (secondary N) is 1. The number of halogens is 3. The maximum atomic E-state index is 15.2. The summed E-state index contributed by atoms with van der Waals surface area (Å²) in [6, 6.07) is 15.7. The Morgan fingerprint density at radius 2 is 1.79 bits per heavy atom. The van der Waals surface area contributed by atoms with E-state index < -0.39 is 16.1 Å². The van der Waals surface area contributed by atoms with Crippen LogP contribution in [0.4, 0.5) is 10.1 Å². The van der Waals surface area contributed by atoms with E-state index in [2.05, 4.69) is 5.32 Å². The van der Waals surface area contributed by atoms with Gasteiger partial charge >= 0.3 is 0 Å². The Morgan fingerprint density at radius 1 is 1.10 bits per heavy atom. The lowest BCUT2D eigenvalue weighted by atomic mass is 10.0. The van der Waals surface area contributed by atoms with Gasteiger partial charge in [0.1, 0.15) is 5.75 Å². The highest BCUT2D eigenvalue weighted by molar-refractivity contribution is 6.36. The molecule has 0 aromatic heterocycles. The number of anilines is 1. The van der Waals surface area contributed by atoms with Crippen LogP contribution in [0.1, 0.15) is 12.0 Å². The van der Waals surface area contributed by atoms with Gasteiger partial charge in [0.15, 0.2) is 0 Å². The molecule has 1 amide bonds. The zero-order valence-electron chi connectivity index (χ0n) is 15.4. The molecule has 152 valence electrons. The van der Waals surface area contributed by atoms with E-state index in [4.69, 9.17) is 33.0 Å². The fraction of sp³-hybridized carbons (Fsp3) is 0.227. The lowest BCUT2D eigenvalue weighted by molar-refractivity contribution is -0.112.